The number of hydrogen-bond acceptors (Lipinski definition) is 3. The Morgan fingerprint density at radius 3 is 2.77 bits per heavy atom. The average molecular weight is 177 g/mol. The predicted octanol–water partition coefficient (Wildman–Crippen LogP) is 1.47. The number of carbonyl (C=O) groups is 2. The lowest BCUT2D eigenvalue weighted by atomic mass is 10.1. The highest BCUT2D eigenvalue weighted by atomic mass is 16.1. The molecule has 1 rings (SSSR count). The average Bonchev–Trinajstić information content (AvgIpc) is 2.04. The van der Waals surface area contributed by atoms with Gasteiger partial charge in [0.2, 0.25) is 0 Å². The summed E-state index contributed by atoms with van der Waals surface area (Å²) < 4.78 is 0. The Morgan fingerprint density at radius 2 is 2.23 bits per heavy atom. The van der Waals surface area contributed by atoms with Crippen LogP contribution in [-0.4, -0.2) is 17.1 Å². The van der Waals surface area contributed by atoms with Gasteiger partial charge in [-0.2, -0.15) is 0 Å². The van der Waals surface area contributed by atoms with E-state index in [0.29, 0.717) is 12.0 Å². The van der Waals surface area contributed by atoms with Crippen LogP contribution in [0.25, 0.3) is 0 Å². The first-order valence-corrected chi connectivity index (χ1v) is 4.05. The molecule has 0 saturated carbocycles. The summed E-state index contributed by atoms with van der Waals surface area (Å²) >= 11 is 0. The summed E-state index contributed by atoms with van der Waals surface area (Å²) in [6, 6.07) is 1.88. The second kappa shape index (κ2) is 3.94. The second-order valence-corrected chi connectivity index (χ2v) is 2.97. The fourth-order valence-corrected chi connectivity index (χ4v) is 1.18. The summed E-state index contributed by atoms with van der Waals surface area (Å²) in [5.41, 5.74) is 2.24. The maximum absolute atomic E-state index is 11.3. The van der Waals surface area contributed by atoms with E-state index in [1.54, 1.807) is 6.20 Å². The molecule has 0 aliphatic heterocycles. The molecule has 0 fully saturated rings. The SMILES string of the molecule is Cc1cnc(C(=O)CC=O)c(C)c1. The normalized spacial score (nSPS) is 9.69. The van der Waals surface area contributed by atoms with Crippen molar-refractivity contribution in [1.29, 1.82) is 0 Å². The Labute approximate surface area is 76.8 Å². The van der Waals surface area contributed by atoms with Crippen molar-refractivity contribution in [2.45, 2.75) is 20.3 Å². The zero-order valence-electron chi connectivity index (χ0n) is 7.70. The summed E-state index contributed by atoms with van der Waals surface area (Å²) in [5.74, 6) is -0.215. The molecule has 1 heterocycles. The fourth-order valence-electron chi connectivity index (χ4n) is 1.18. The van der Waals surface area contributed by atoms with Crippen LogP contribution in [0, 0.1) is 13.8 Å². The predicted molar refractivity (Wildman–Crippen MR) is 48.7 cm³/mol. The number of Topliss-reactive ketones (excluding diaryl/α,β-unsaturated/α-hetero) is 1. The van der Waals surface area contributed by atoms with E-state index in [-0.39, 0.29) is 12.2 Å². The smallest absolute Gasteiger partial charge is 0.188 e. The highest BCUT2D eigenvalue weighted by molar-refractivity contribution is 6.02. The molecule has 0 radical (unpaired) electrons. The number of aldehydes is 1. The molecule has 3 nitrogen and oxygen atoms in total. The number of aromatic nitrogens is 1. The fraction of sp³-hybridized carbons (Fsp3) is 0.300. The standard InChI is InChI=1S/C10H11NO2/c1-7-5-8(2)10(11-6-7)9(13)3-4-12/h4-6H,3H2,1-2H3. The maximum Gasteiger partial charge on any atom is 0.188 e. The van der Waals surface area contributed by atoms with Gasteiger partial charge in [-0.05, 0) is 25.0 Å². The number of hydrogen-bond donors (Lipinski definition) is 0. The summed E-state index contributed by atoms with van der Waals surface area (Å²) in [5, 5.41) is 0. The Balaban J connectivity index is 3.01. The van der Waals surface area contributed by atoms with Gasteiger partial charge >= 0.3 is 0 Å². The minimum atomic E-state index is -0.215. The van der Waals surface area contributed by atoms with E-state index in [1.165, 1.54) is 0 Å². The summed E-state index contributed by atoms with van der Waals surface area (Å²) in [6.45, 7) is 3.73. The molecule has 1 aromatic heterocycles. The number of pyridine rings is 1. The Kier molecular flexibility index (Phi) is 2.90. The highest BCUT2D eigenvalue weighted by Crippen LogP contribution is 2.08. The van der Waals surface area contributed by atoms with Crippen LogP contribution in [-0.2, 0) is 4.79 Å². The van der Waals surface area contributed by atoms with Crippen LogP contribution in [0.3, 0.4) is 0 Å². The van der Waals surface area contributed by atoms with Crippen LogP contribution in [0.15, 0.2) is 12.3 Å². The Morgan fingerprint density at radius 1 is 1.54 bits per heavy atom. The molecule has 0 amide bonds. The first-order valence-electron chi connectivity index (χ1n) is 4.05. The molecule has 68 valence electrons. The molecule has 0 aliphatic rings. The molecule has 0 aromatic carbocycles. The molecule has 0 aliphatic carbocycles. The van der Waals surface area contributed by atoms with E-state index in [1.807, 2.05) is 19.9 Å². The van der Waals surface area contributed by atoms with Gasteiger partial charge < -0.3 is 4.79 Å². The molecule has 13 heavy (non-hydrogen) atoms. The molecule has 0 N–H and O–H groups in total. The molecular formula is C10H11NO2. The zero-order valence-corrected chi connectivity index (χ0v) is 7.70. The zero-order chi connectivity index (χ0) is 9.84. The van der Waals surface area contributed by atoms with Gasteiger partial charge in [-0.1, -0.05) is 6.07 Å². The van der Waals surface area contributed by atoms with Crippen LogP contribution < -0.4 is 0 Å². The van der Waals surface area contributed by atoms with Crippen LogP contribution in [0.4, 0.5) is 0 Å². The second-order valence-electron chi connectivity index (χ2n) is 2.97. The third-order valence-corrected chi connectivity index (χ3v) is 1.75. The molecular weight excluding hydrogens is 166 g/mol. The largest absolute Gasteiger partial charge is 0.303 e. The van der Waals surface area contributed by atoms with E-state index in [0.717, 1.165) is 11.1 Å². The van der Waals surface area contributed by atoms with Crippen LogP contribution in [0.5, 0.6) is 0 Å². The first kappa shape index (κ1) is 9.58. The van der Waals surface area contributed by atoms with Crippen molar-refractivity contribution < 1.29 is 9.59 Å². The van der Waals surface area contributed by atoms with E-state index < -0.39 is 0 Å². The van der Waals surface area contributed by atoms with Gasteiger partial charge in [0.1, 0.15) is 12.0 Å². The molecule has 0 saturated heterocycles. The number of aryl methyl sites for hydroxylation is 2. The van der Waals surface area contributed by atoms with Gasteiger partial charge in [0.15, 0.2) is 5.78 Å². The van der Waals surface area contributed by atoms with E-state index in [2.05, 4.69) is 4.98 Å². The Hall–Kier alpha value is -1.51. The molecule has 0 unspecified atom stereocenters. The van der Waals surface area contributed by atoms with Gasteiger partial charge in [-0.25, -0.2) is 0 Å². The molecule has 1 aromatic rings. The maximum atomic E-state index is 11.3. The van der Waals surface area contributed by atoms with E-state index in [4.69, 9.17) is 0 Å². The van der Waals surface area contributed by atoms with E-state index in [9.17, 15) is 9.59 Å². The van der Waals surface area contributed by atoms with Crippen molar-refractivity contribution >= 4 is 12.1 Å². The minimum absolute atomic E-state index is 0.0864. The topological polar surface area (TPSA) is 47.0 Å². The number of rotatable bonds is 3. The van der Waals surface area contributed by atoms with Crippen molar-refractivity contribution in [3.63, 3.8) is 0 Å². The third kappa shape index (κ3) is 2.21. The van der Waals surface area contributed by atoms with Gasteiger partial charge in [0.05, 0.1) is 6.42 Å². The van der Waals surface area contributed by atoms with Crippen molar-refractivity contribution in [1.82, 2.24) is 4.98 Å². The van der Waals surface area contributed by atoms with Gasteiger partial charge in [-0.15, -0.1) is 0 Å². The number of nitrogens with zero attached hydrogens (tertiary/aromatic N) is 1. The Bertz CT molecular complexity index is 345. The lowest BCUT2D eigenvalue weighted by Crippen LogP contribution is -2.05. The lowest BCUT2D eigenvalue weighted by molar-refractivity contribution is -0.107. The highest BCUT2D eigenvalue weighted by Gasteiger charge is 2.09. The van der Waals surface area contributed by atoms with E-state index >= 15 is 0 Å². The van der Waals surface area contributed by atoms with Crippen molar-refractivity contribution in [2.75, 3.05) is 0 Å². The van der Waals surface area contributed by atoms with Crippen LogP contribution in [0.2, 0.25) is 0 Å². The summed E-state index contributed by atoms with van der Waals surface area (Å²) in [6.07, 6.45) is 2.14. The summed E-state index contributed by atoms with van der Waals surface area (Å²) in [7, 11) is 0. The lowest BCUT2D eigenvalue weighted by Gasteiger charge is -2.01. The molecule has 0 bridgehead atoms. The van der Waals surface area contributed by atoms with Gasteiger partial charge in [0, 0.05) is 6.20 Å². The summed E-state index contributed by atoms with van der Waals surface area (Å²) in [4.78, 5) is 25.4. The van der Waals surface area contributed by atoms with Crippen LogP contribution in [0.1, 0.15) is 28.0 Å². The van der Waals surface area contributed by atoms with Crippen molar-refractivity contribution in [3.05, 3.63) is 29.1 Å². The third-order valence-electron chi connectivity index (χ3n) is 1.75. The monoisotopic (exact) mass is 177 g/mol. The molecule has 0 spiro atoms. The molecule has 3 heteroatoms. The van der Waals surface area contributed by atoms with Crippen LogP contribution >= 0.6 is 0 Å². The van der Waals surface area contributed by atoms with Gasteiger partial charge in [-0.3, -0.25) is 9.78 Å². The minimum Gasteiger partial charge on any atom is -0.303 e. The number of ketones is 1. The first-order chi connectivity index (χ1) is 6.15. The number of carbonyl (C=O) groups excluding carboxylic acids is 2. The van der Waals surface area contributed by atoms with Gasteiger partial charge in [0.25, 0.3) is 0 Å². The molecule has 0 atom stereocenters. The quantitative estimate of drug-likeness (QED) is 0.399. The van der Waals surface area contributed by atoms with Crippen molar-refractivity contribution in [3.8, 4) is 0 Å². The van der Waals surface area contributed by atoms with Crippen molar-refractivity contribution in [2.24, 2.45) is 0 Å².